The number of ether oxygens (including phenoxy) is 1. The predicted molar refractivity (Wildman–Crippen MR) is 175 cm³/mol. The van der Waals surface area contributed by atoms with Crippen molar-refractivity contribution in [2.45, 2.75) is 62.5 Å². The average molecular weight is 667 g/mol. The van der Waals surface area contributed by atoms with Gasteiger partial charge in [-0.1, -0.05) is 48.3 Å². The van der Waals surface area contributed by atoms with Crippen molar-refractivity contribution in [1.82, 2.24) is 10.2 Å². The van der Waals surface area contributed by atoms with E-state index in [9.17, 15) is 18.0 Å². The summed E-state index contributed by atoms with van der Waals surface area (Å²) >= 11 is 14.1. The number of sulfonamides is 1. The minimum atomic E-state index is -4.25. The van der Waals surface area contributed by atoms with Gasteiger partial charge in [-0.2, -0.15) is 0 Å². The van der Waals surface area contributed by atoms with Gasteiger partial charge in [0.25, 0.3) is 10.0 Å². The lowest BCUT2D eigenvalue weighted by Crippen LogP contribution is -2.53. The van der Waals surface area contributed by atoms with E-state index in [0.29, 0.717) is 21.4 Å². The fraction of sp³-hybridized carbons (Fsp3) is 0.355. The van der Waals surface area contributed by atoms with Gasteiger partial charge in [-0.3, -0.25) is 13.9 Å². The molecule has 43 heavy (non-hydrogen) atoms. The molecule has 0 unspecified atom stereocenters. The Bertz CT molecular complexity index is 1520. The SMILES string of the molecule is CCOc1ccccc1N(CC(=O)N(Cc1ccc(Cl)cc1Cl)[C@H](CC)C(=O)NC(C)C)S(=O)(=O)c1ccc(SC)cc1. The molecule has 0 aliphatic rings. The van der Waals surface area contributed by atoms with Gasteiger partial charge in [-0.05, 0) is 87.5 Å². The average Bonchev–Trinajstić information content (AvgIpc) is 2.97. The minimum absolute atomic E-state index is 0.0151. The van der Waals surface area contributed by atoms with Crippen LogP contribution in [-0.2, 0) is 26.2 Å². The second-order valence-corrected chi connectivity index (χ2v) is 13.5. The molecular formula is C31H37Cl2N3O5S2. The summed E-state index contributed by atoms with van der Waals surface area (Å²) in [5, 5.41) is 3.62. The van der Waals surface area contributed by atoms with Crippen LogP contribution in [0.15, 0.2) is 76.5 Å². The molecule has 0 bridgehead atoms. The number of carbonyl (C=O) groups excluding carboxylic acids is 2. The van der Waals surface area contributed by atoms with Gasteiger partial charge < -0.3 is 15.0 Å². The highest BCUT2D eigenvalue weighted by Crippen LogP contribution is 2.33. The van der Waals surface area contributed by atoms with E-state index in [-0.39, 0.29) is 42.1 Å². The molecule has 0 saturated carbocycles. The molecule has 3 aromatic carbocycles. The van der Waals surface area contributed by atoms with Crippen LogP contribution in [-0.4, -0.2) is 56.6 Å². The maximum Gasteiger partial charge on any atom is 0.264 e. The van der Waals surface area contributed by atoms with E-state index in [1.54, 1.807) is 68.4 Å². The molecule has 0 fully saturated rings. The quantitative estimate of drug-likeness (QED) is 0.194. The molecule has 232 valence electrons. The molecule has 3 aromatic rings. The molecule has 12 heteroatoms. The second kappa shape index (κ2) is 15.7. The monoisotopic (exact) mass is 665 g/mol. The number of benzene rings is 3. The topological polar surface area (TPSA) is 96.0 Å². The van der Waals surface area contributed by atoms with Crippen molar-refractivity contribution < 1.29 is 22.7 Å². The molecule has 0 aromatic heterocycles. The number of para-hydroxylation sites is 2. The van der Waals surface area contributed by atoms with Crippen LogP contribution >= 0.6 is 35.0 Å². The Morgan fingerprint density at radius 2 is 1.67 bits per heavy atom. The van der Waals surface area contributed by atoms with E-state index in [1.807, 2.05) is 20.1 Å². The number of anilines is 1. The molecule has 2 amide bonds. The van der Waals surface area contributed by atoms with Gasteiger partial charge in [0, 0.05) is 27.5 Å². The van der Waals surface area contributed by atoms with E-state index < -0.39 is 28.5 Å². The van der Waals surface area contributed by atoms with E-state index in [2.05, 4.69) is 5.32 Å². The second-order valence-electron chi connectivity index (χ2n) is 9.93. The highest BCUT2D eigenvalue weighted by atomic mass is 35.5. The summed E-state index contributed by atoms with van der Waals surface area (Å²) in [6.07, 6.45) is 2.18. The van der Waals surface area contributed by atoms with Crippen molar-refractivity contribution in [3.05, 3.63) is 82.3 Å². The summed E-state index contributed by atoms with van der Waals surface area (Å²) in [6.45, 7) is 6.90. The van der Waals surface area contributed by atoms with Gasteiger partial charge in [0.15, 0.2) is 0 Å². The van der Waals surface area contributed by atoms with Crippen LogP contribution < -0.4 is 14.4 Å². The molecule has 0 spiro atoms. The number of carbonyl (C=O) groups is 2. The van der Waals surface area contributed by atoms with Crippen molar-refractivity contribution in [3.63, 3.8) is 0 Å². The summed E-state index contributed by atoms with van der Waals surface area (Å²) in [7, 11) is -4.25. The molecule has 8 nitrogen and oxygen atoms in total. The Morgan fingerprint density at radius 1 is 1.00 bits per heavy atom. The highest BCUT2D eigenvalue weighted by Gasteiger charge is 2.35. The van der Waals surface area contributed by atoms with Gasteiger partial charge in [-0.15, -0.1) is 11.8 Å². The fourth-order valence-corrected chi connectivity index (χ4v) is 6.76. The first-order valence-electron chi connectivity index (χ1n) is 13.8. The van der Waals surface area contributed by atoms with Crippen LogP contribution in [0.25, 0.3) is 0 Å². The smallest absolute Gasteiger partial charge is 0.264 e. The first-order valence-corrected chi connectivity index (χ1v) is 17.3. The van der Waals surface area contributed by atoms with Crippen molar-refractivity contribution >= 4 is 62.5 Å². The molecule has 0 saturated heterocycles. The predicted octanol–water partition coefficient (Wildman–Crippen LogP) is 6.64. The first-order chi connectivity index (χ1) is 20.4. The summed E-state index contributed by atoms with van der Waals surface area (Å²) < 4.78 is 35.2. The third-order valence-electron chi connectivity index (χ3n) is 6.53. The maximum atomic E-state index is 14.3. The molecule has 1 atom stereocenters. The molecule has 0 heterocycles. The van der Waals surface area contributed by atoms with E-state index in [1.165, 1.54) is 28.8 Å². The van der Waals surface area contributed by atoms with Crippen molar-refractivity contribution in [1.29, 1.82) is 0 Å². The van der Waals surface area contributed by atoms with Crippen LogP contribution in [0.4, 0.5) is 5.69 Å². The lowest BCUT2D eigenvalue weighted by atomic mass is 10.1. The Balaban J connectivity index is 2.14. The molecule has 0 aliphatic heterocycles. The fourth-order valence-electron chi connectivity index (χ4n) is 4.46. The van der Waals surface area contributed by atoms with Crippen LogP contribution in [0, 0.1) is 0 Å². The maximum absolute atomic E-state index is 14.3. The zero-order chi connectivity index (χ0) is 31.7. The molecule has 1 N–H and O–H groups in total. The number of nitrogens with one attached hydrogen (secondary N) is 1. The van der Waals surface area contributed by atoms with Crippen LogP contribution in [0.2, 0.25) is 10.0 Å². The number of rotatable bonds is 14. The largest absolute Gasteiger partial charge is 0.492 e. The lowest BCUT2D eigenvalue weighted by Gasteiger charge is -2.34. The number of halogens is 2. The molecule has 0 radical (unpaired) electrons. The highest BCUT2D eigenvalue weighted by molar-refractivity contribution is 7.98. The number of thioether (sulfide) groups is 1. The van der Waals surface area contributed by atoms with Crippen molar-refractivity contribution in [2.75, 3.05) is 23.7 Å². The molecule has 3 rings (SSSR count). The standard InChI is InChI=1S/C31H37Cl2N3O5S2/c1-6-27(31(38)34-21(3)4)35(19-22-12-13-23(32)18-26(22)33)30(37)20-36(28-10-8-9-11-29(28)41-7-2)43(39,40)25-16-14-24(42-5)15-17-25/h8-18,21,27H,6-7,19-20H2,1-5H3,(H,34,38)/t27-/m1/s1. The number of amides is 2. The van der Waals surface area contributed by atoms with Gasteiger partial charge in [-0.25, -0.2) is 8.42 Å². The van der Waals surface area contributed by atoms with Gasteiger partial charge in [0.05, 0.1) is 17.2 Å². The Kier molecular flexibility index (Phi) is 12.6. The summed E-state index contributed by atoms with van der Waals surface area (Å²) in [5.74, 6) is -0.640. The summed E-state index contributed by atoms with van der Waals surface area (Å²) in [4.78, 5) is 29.9. The van der Waals surface area contributed by atoms with Crippen molar-refractivity contribution in [3.8, 4) is 5.75 Å². The Hall–Kier alpha value is -2.92. The van der Waals surface area contributed by atoms with Crippen LogP contribution in [0.5, 0.6) is 5.75 Å². The van der Waals surface area contributed by atoms with E-state index >= 15 is 0 Å². The summed E-state index contributed by atoms with van der Waals surface area (Å²) in [6, 6.07) is 16.9. The number of hydrogen-bond acceptors (Lipinski definition) is 6. The van der Waals surface area contributed by atoms with Gasteiger partial charge >= 0.3 is 0 Å². The van der Waals surface area contributed by atoms with E-state index in [4.69, 9.17) is 27.9 Å². The van der Waals surface area contributed by atoms with Gasteiger partial charge in [0.2, 0.25) is 11.8 Å². The zero-order valence-corrected chi connectivity index (χ0v) is 28.0. The molecule has 0 aliphatic carbocycles. The van der Waals surface area contributed by atoms with Crippen LogP contribution in [0.1, 0.15) is 39.7 Å². The number of hydrogen-bond donors (Lipinski definition) is 1. The Morgan fingerprint density at radius 3 is 2.26 bits per heavy atom. The van der Waals surface area contributed by atoms with E-state index in [0.717, 1.165) is 9.20 Å². The Labute approximate surface area is 268 Å². The third kappa shape index (κ3) is 8.81. The number of nitrogens with zero attached hydrogens (tertiary/aromatic N) is 2. The molecular weight excluding hydrogens is 629 g/mol. The first kappa shape index (κ1) is 34.6. The minimum Gasteiger partial charge on any atom is -0.492 e. The van der Waals surface area contributed by atoms with Crippen molar-refractivity contribution in [2.24, 2.45) is 0 Å². The van der Waals surface area contributed by atoms with Gasteiger partial charge in [0.1, 0.15) is 18.3 Å². The van der Waals surface area contributed by atoms with Crippen LogP contribution in [0.3, 0.4) is 0 Å². The zero-order valence-electron chi connectivity index (χ0n) is 24.8. The normalized spacial score (nSPS) is 12.1. The third-order valence-corrected chi connectivity index (χ3v) is 9.64. The summed E-state index contributed by atoms with van der Waals surface area (Å²) in [5.41, 5.74) is 0.766. The lowest BCUT2D eigenvalue weighted by molar-refractivity contribution is -0.140.